The van der Waals surface area contributed by atoms with E-state index >= 15 is 0 Å². The summed E-state index contributed by atoms with van der Waals surface area (Å²) < 4.78 is 31.9. The normalized spacial score (nSPS) is 12.5. The Morgan fingerprint density at radius 1 is 1.16 bits per heavy atom. The molecular formula is C21H21ClN2O5S2. The summed E-state index contributed by atoms with van der Waals surface area (Å²) in [6.45, 7) is 5.04. The van der Waals surface area contributed by atoms with Crippen molar-refractivity contribution in [1.29, 1.82) is 0 Å². The Labute approximate surface area is 188 Å². The molecule has 0 spiro atoms. The van der Waals surface area contributed by atoms with Gasteiger partial charge in [-0.15, -0.1) is 0 Å². The maximum absolute atomic E-state index is 12.8. The minimum absolute atomic E-state index is 0.104. The Bertz CT molecular complexity index is 1310. The zero-order valence-corrected chi connectivity index (χ0v) is 19.6. The van der Waals surface area contributed by atoms with E-state index in [-0.39, 0.29) is 23.6 Å². The molecule has 0 atom stereocenters. The lowest BCUT2D eigenvalue weighted by Gasteiger charge is -2.07. The summed E-state index contributed by atoms with van der Waals surface area (Å²) >= 11 is 7.29. The molecule has 0 radical (unpaired) electrons. The van der Waals surface area contributed by atoms with Crippen LogP contribution in [-0.2, 0) is 25.9 Å². The van der Waals surface area contributed by atoms with Gasteiger partial charge in [0.25, 0.3) is 5.91 Å². The number of hydrogen-bond acceptors (Lipinski definition) is 6. The molecule has 7 nitrogen and oxygen atoms in total. The second-order valence-corrected chi connectivity index (χ2v) is 10.9. The van der Waals surface area contributed by atoms with Crippen molar-refractivity contribution in [2.24, 2.45) is 4.99 Å². The van der Waals surface area contributed by atoms with Gasteiger partial charge in [-0.3, -0.25) is 9.59 Å². The zero-order valence-electron chi connectivity index (χ0n) is 17.2. The third-order valence-electron chi connectivity index (χ3n) is 4.48. The number of hydrogen-bond donors (Lipinski definition) is 0. The first-order valence-electron chi connectivity index (χ1n) is 9.51. The van der Waals surface area contributed by atoms with E-state index in [2.05, 4.69) is 4.99 Å². The van der Waals surface area contributed by atoms with E-state index in [0.29, 0.717) is 15.3 Å². The smallest absolute Gasteiger partial charge is 0.326 e. The number of nitrogens with zero attached hydrogens (tertiary/aromatic N) is 2. The van der Waals surface area contributed by atoms with Crippen LogP contribution in [0.1, 0.15) is 31.1 Å². The summed E-state index contributed by atoms with van der Waals surface area (Å²) in [5.74, 6) is -1.00. The molecule has 31 heavy (non-hydrogen) atoms. The quantitative estimate of drug-likeness (QED) is 0.499. The lowest BCUT2D eigenvalue weighted by Crippen LogP contribution is -2.23. The van der Waals surface area contributed by atoms with Gasteiger partial charge in [0.2, 0.25) is 0 Å². The average Bonchev–Trinajstić information content (AvgIpc) is 3.04. The van der Waals surface area contributed by atoms with Gasteiger partial charge in [-0.2, -0.15) is 4.99 Å². The molecule has 0 aliphatic heterocycles. The summed E-state index contributed by atoms with van der Waals surface area (Å²) in [4.78, 5) is 29.5. The van der Waals surface area contributed by atoms with Gasteiger partial charge in [-0.25, -0.2) is 8.42 Å². The third-order valence-corrected chi connectivity index (χ3v) is 7.93. The molecule has 164 valence electrons. The van der Waals surface area contributed by atoms with E-state index in [1.165, 1.54) is 35.6 Å². The van der Waals surface area contributed by atoms with Crippen LogP contribution in [0.3, 0.4) is 0 Å². The second kappa shape index (κ2) is 9.33. The monoisotopic (exact) mass is 480 g/mol. The number of carbonyl (C=O) groups excluding carboxylic acids is 2. The standard InChI is InChI=1S/C21H21ClN2O5S2/c1-4-29-19(25)12-24-17-10-7-15(22)11-18(17)30-21(24)23-20(26)14-5-8-16(9-6-14)31(27,28)13(2)3/h5-11,13H,4,12H2,1-3H3. The van der Waals surface area contributed by atoms with E-state index in [4.69, 9.17) is 16.3 Å². The number of benzene rings is 2. The minimum Gasteiger partial charge on any atom is -0.465 e. The molecule has 1 amide bonds. The number of aromatic nitrogens is 1. The van der Waals surface area contributed by atoms with Crippen molar-refractivity contribution in [3.63, 3.8) is 0 Å². The molecule has 0 saturated carbocycles. The Balaban J connectivity index is 2.03. The first-order chi connectivity index (χ1) is 14.6. The van der Waals surface area contributed by atoms with Gasteiger partial charge in [0.15, 0.2) is 14.6 Å². The van der Waals surface area contributed by atoms with Crippen molar-refractivity contribution in [3.8, 4) is 0 Å². The van der Waals surface area contributed by atoms with Crippen LogP contribution < -0.4 is 4.80 Å². The minimum atomic E-state index is -3.43. The number of rotatable bonds is 6. The Hall–Kier alpha value is -2.49. The van der Waals surface area contributed by atoms with Crippen LogP contribution >= 0.6 is 22.9 Å². The highest BCUT2D eigenvalue weighted by molar-refractivity contribution is 7.92. The van der Waals surface area contributed by atoms with Gasteiger partial charge in [0.1, 0.15) is 6.54 Å². The van der Waals surface area contributed by atoms with Crippen LogP contribution in [0.5, 0.6) is 0 Å². The molecule has 0 fully saturated rings. The number of ether oxygens (including phenoxy) is 1. The summed E-state index contributed by atoms with van der Waals surface area (Å²) in [6, 6.07) is 10.8. The van der Waals surface area contributed by atoms with Crippen molar-refractivity contribution < 1.29 is 22.7 Å². The number of thiazole rings is 1. The molecule has 1 aromatic heterocycles. The van der Waals surface area contributed by atoms with E-state index in [1.807, 2.05) is 0 Å². The fourth-order valence-electron chi connectivity index (χ4n) is 2.83. The SMILES string of the molecule is CCOC(=O)Cn1c(=NC(=O)c2ccc(S(=O)(=O)C(C)C)cc2)sc2cc(Cl)ccc21. The number of sulfone groups is 1. The molecule has 10 heteroatoms. The summed E-state index contributed by atoms with van der Waals surface area (Å²) in [6.07, 6.45) is 0. The molecular weight excluding hydrogens is 460 g/mol. The van der Waals surface area contributed by atoms with Gasteiger partial charge < -0.3 is 9.30 Å². The molecule has 0 bridgehead atoms. The highest BCUT2D eigenvalue weighted by Gasteiger charge is 2.19. The lowest BCUT2D eigenvalue weighted by atomic mass is 10.2. The lowest BCUT2D eigenvalue weighted by molar-refractivity contribution is -0.143. The first-order valence-corrected chi connectivity index (χ1v) is 12.2. The number of fused-ring (bicyclic) bond motifs is 1. The molecule has 0 unspecified atom stereocenters. The van der Waals surface area contributed by atoms with E-state index in [0.717, 1.165) is 4.70 Å². The largest absolute Gasteiger partial charge is 0.465 e. The summed E-state index contributed by atoms with van der Waals surface area (Å²) in [5.41, 5.74) is 0.938. The predicted molar refractivity (Wildman–Crippen MR) is 120 cm³/mol. The van der Waals surface area contributed by atoms with Crippen LogP contribution in [0.4, 0.5) is 0 Å². The molecule has 0 saturated heterocycles. The van der Waals surface area contributed by atoms with Crippen LogP contribution in [0, 0.1) is 0 Å². The highest BCUT2D eigenvalue weighted by atomic mass is 35.5. The predicted octanol–water partition coefficient (Wildman–Crippen LogP) is 3.84. The number of carbonyl (C=O) groups is 2. The van der Waals surface area contributed by atoms with Crippen LogP contribution in [0.25, 0.3) is 10.2 Å². The van der Waals surface area contributed by atoms with Crippen LogP contribution in [0.2, 0.25) is 5.02 Å². The Morgan fingerprint density at radius 2 is 1.84 bits per heavy atom. The van der Waals surface area contributed by atoms with Gasteiger partial charge in [0, 0.05) is 10.6 Å². The average molecular weight is 481 g/mol. The van der Waals surface area contributed by atoms with E-state index < -0.39 is 27.0 Å². The van der Waals surface area contributed by atoms with E-state index in [9.17, 15) is 18.0 Å². The maximum Gasteiger partial charge on any atom is 0.326 e. The zero-order chi connectivity index (χ0) is 22.8. The van der Waals surface area contributed by atoms with E-state index in [1.54, 1.807) is 43.5 Å². The topological polar surface area (TPSA) is 94.8 Å². The van der Waals surface area contributed by atoms with Gasteiger partial charge in [-0.1, -0.05) is 22.9 Å². The van der Waals surface area contributed by atoms with Crippen LogP contribution in [-0.4, -0.2) is 36.7 Å². The number of halogens is 1. The third kappa shape index (κ3) is 5.06. The molecule has 0 aliphatic rings. The van der Waals surface area contributed by atoms with Gasteiger partial charge >= 0.3 is 5.97 Å². The molecule has 0 N–H and O–H groups in total. The molecule has 3 rings (SSSR count). The Morgan fingerprint density at radius 3 is 2.45 bits per heavy atom. The Kier molecular flexibility index (Phi) is 6.98. The first kappa shape index (κ1) is 23.2. The van der Waals surface area contributed by atoms with Gasteiger partial charge in [-0.05, 0) is 63.2 Å². The van der Waals surface area contributed by atoms with Crippen molar-refractivity contribution >= 4 is 54.9 Å². The molecule has 3 aromatic rings. The number of esters is 1. The molecule has 2 aromatic carbocycles. The van der Waals surface area contributed by atoms with Gasteiger partial charge in [0.05, 0.1) is 27.0 Å². The fourth-order valence-corrected chi connectivity index (χ4v) is 5.20. The molecule has 0 aliphatic carbocycles. The fraction of sp³-hybridized carbons (Fsp3) is 0.286. The second-order valence-electron chi connectivity index (χ2n) is 6.92. The van der Waals surface area contributed by atoms with Crippen LogP contribution in [0.15, 0.2) is 52.4 Å². The van der Waals surface area contributed by atoms with Crippen molar-refractivity contribution in [1.82, 2.24) is 4.57 Å². The van der Waals surface area contributed by atoms with Crippen molar-refractivity contribution in [2.45, 2.75) is 37.5 Å². The molecule has 1 heterocycles. The van der Waals surface area contributed by atoms with Crippen molar-refractivity contribution in [2.75, 3.05) is 6.61 Å². The number of amides is 1. The summed E-state index contributed by atoms with van der Waals surface area (Å²) in [5, 5.41) is -0.0391. The summed E-state index contributed by atoms with van der Waals surface area (Å²) in [7, 11) is -3.43. The highest BCUT2D eigenvalue weighted by Crippen LogP contribution is 2.22. The van der Waals surface area contributed by atoms with Crippen molar-refractivity contribution in [3.05, 3.63) is 57.9 Å². The maximum atomic E-state index is 12.8.